The van der Waals surface area contributed by atoms with Gasteiger partial charge in [0, 0.05) is 32.4 Å². The van der Waals surface area contributed by atoms with E-state index in [2.05, 4.69) is 4.98 Å². The number of amides is 1. The first kappa shape index (κ1) is 19.0. The Kier molecular flexibility index (Phi) is 5.54. The van der Waals surface area contributed by atoms with Crippen LogP contribution in [0.4, 0.5) is 33.5 Å². The van der Waals surface area contributed by atoms with Gasteiger partial charge < -0.3 is 10.2 Å². The monoisotopic (exact) mass is 386 g/mol. The molecule has 1 aromatic carbocycles. The maximum Gasteiger partial charge on any atom is 0.238 e. The fourth-order valence-electron chi connectivity index (χ4n) is 2.77. The molecule has 0 saturated carbocycles. The quantitative estimate of drug-likeness (QED) is 0.499. The first-order valence-corrected chi connectivity index (χ1v) is 8.08. The van der Waals surface area contributed by atoms with E-state index in [4.69, 9.17) is 0 Å². The Hall–Kier alpha value is -2.75. The number of carbonyl (C=O) groups is 1. The Morgan fingerprint density at radius 2 is 1.52 bits per heavy atom. The molecule has 1 fully saturated rings. The van der Waals surface area contributed by atoms with Gasteiger partial charge in [-0.15, -0.1) is 0 Å². The van der Waals surface area contributed by atoms with E-state index in [9.17, 15) is 26.7 Å². The molecule has 0 bridgehead atoms. The van der Waals surface area contributed by atoms with E-state index < -0.39 is 40.7 Å². The lowest BCUT2D eigenvalue weighted by Gasteiger charge is -2.34. The van der Waals surface area contributed by atoms with Crippen LogP contribution >= 0.6 is 0 Å². The van der Waals surface area contributed by atoms with Crippen LogP contribution in [-0.2, 0) is 4.79 Å². The number of benzene rings is 1. The molecular weight excluding hydrogens is 371 g/mol. The van der Waals surface area contributed by atoms with E-state index in [-0.39, 0.29) is 6.54 Å². The number of rotatable bonds is 4. The van der Waals surface area contributed by atoms with Crippen molar-refractivity contribution >= 4 is 17.4 Å². The summed E-state index contributed by atoms with van der Waals surface area (Å²) >= 11 is 0. The van der Waals surface area contributed by atoms with Crippen LogP contribution in [0.3, 0.4) is 0 Å². The number of aromatic nitrogens is 1. The molecular formula is C17H15F5N4O. The van der Waals surface area contributed by atoms with Gasteiger partial charge in [-0.1, -0.05) is 6.07 Å². The molecule has 1 aromatic heterocycles. The number of hydrogen-bond acceptors (Lipinski definition) is 4. The van der Waals surface area contributed by atoms with Crippen molar-refractivity contribution in [2.75, 3.05) is 42.9 Å². The van der Waals surface area contributed by atoms with E-state index in [1.165, 1.54) is 0 Å². The average Bonchev–Trinajstić information content (AvgIpc) is 2.69. The lowest BCUT2D eigenvalue weighted by atomic mass is 10.2. The predicted molar refractivity (Wildman–Crippen MR) is 87.8 cm³/mol. The largest absolute Gasteiger partial charge is 0.354 e. The van der Waals surface area contributed by atoms with Crippen molar-refractivity contribution in [3.8, 4) is 0 Å². The zero-order chi connectivity index (χ0) is 19.6. The smallest absolute Gasteiger partial charge is 0.238 e. The Balaban J connectivity index is 1.60. The van der Waals surface area contributed by atoms with Crippen molar-refractivity contribution < 1.29 is 26.7 Å². The van der Waals surface area contributed by atoms with Crippen molar-refractivity contribution in [3.63, 3.8) is 0 Å². The van der Waals surface area contributed by atoms with Crippen LogP contribution in [0.15, 0.2) is 24.4 Å². The molecule has 2 aromatic rings. The van der Waals surface area contributed by atoms with Crippen molar-refractivity contribution in [2.45, 2.75) is 0 Å². The minimum absolute atomic E-state index is 0.241. The average molecular weight is 386 g/mol. The van der Waals surface area contributed by atoms with Crippen LogP contribution < -0.4 is 10.2 Å². The van der Waals surface area contributed by atoms with Crippen LogP contribution in [0.5, 0.6) is 0 Å². The zero-order valence-electron chi connectivity index (χ0n) is 14.0. The third-order valence-electron chi connectivity index (χ3n) is 4.19. The van der Waals surface area contributed by atoms with Crippen LogP contribution in [0.2, 0.25) is 0 Å². The number of anilines is 2. The van der Waals surface area contributed by atoms with Crippen molar-refractivity contribution in [2.24, 2.45) is 0 Å². The van der Waals surface area contributed by atoms with Gasteiger partial charge in [-0.3, -0.25) is 9.69 Å². The summed E-state index contributed by atoms with van der Waals surface area (Å²) in [5.41, 5.74) is -1.34. The topological polar surface area (TPSA) is 48.5 Å². The zero-order valence-corrected chi connectivity index (χ0v) is 14.0. The molecule has 2 heterocycles. The fourth-order valence-corrected chi connectivity index (χ4v) is 2.77. The molecule has 5 nitrogen and oxygen atoms in total. The Bertz CT molecular complexity index is 812. The van der Waals surface area contributed by atoms with Crippen LogP contribution in [0, 0.1) is 29.1 Å². The standard InChI is InChI=1S/C17H15F5N4O/c18-12-13(19)15(21)17(16(22)14(12)20)24-11(27)9-25-5-7-26(8-6-25)10-3-1-2-4-23-10/h1-4H,5-9H2,(H,24,27). The lowest BCUT2D eigenvalue weighted by Crippen LogP contribution is -2.49. The normalized spacial score (nSPS) is 15.1. The van der Waals surface area contributed by atoms with Gasteiger partial charge >= 0.3 is 0 Å². The number of pyridine rings is 1. The maximum atomic E-state index is 13.6. The van der Waals surface area contributed by atoms with Crippen LogP contribution in [0.25, 0.3) is 0 Å². The Labute approximate surface area is 151 Å². The predicted octanol–water partition coefficient (Wildman–Crippen LogP) is 2.54. The summed E-state index contributed by atoms with van der Waals surface area (Å²) in [5.74, 6) is -10.7. The second-order valence-corrected chi connectivity index (χ2v) is 5.94. The van der Waals surface area contributed by atoms with Gasteiger partial charge in [-0.05, 0) is 12.1 Å². The molecule has 1 aliphatic heterocycles. The van der Waals surface area contributed by atoms with E-state index >= 15 is 0 Å². The van der Waals surface area contributed by atoms with Gasteiger partial charge in [-0.2, -0.15) is 0 Å². The van der Waals surface area contributed by atoms with Gasteiger partial charge in [-0.25, -0.2) is 26.9 Å². The van der Waals surface area contributed by atoms with Gasteiger partial charge in [0.1, 0.15) is 11.5 Å². The molecule has 1 amide bonds. The van der Waals surface area contributed by atoms with Gasteiger partial charge in [0.15, 0.2) is 23.3 Å². The molecule has 144 valence electrons. The highest BCUT2D eigenvalue weighted by atomic mass is 19.2. The van der Waals surface area contributed by atoms with E-state index in [0.717, 1.165) is 5.82 Å². The highest BCUT2D eigenvalue weighted by molar-refractivity contribution is 5.92. The molecule has 0 atom stereocenters. The fraction of sp³-hybridized carbons (Fsp3) is 0.294. The number of nitrogens with zero attached hydrogens (tertiary/aromatic N) is 3. The molecule has 0 spiro atoms. The van der Waals surface area contributed by atoms with Gasteiger partial charge in [0.05, 0.1) is 6.54 Å². The molecule has 10 heteroatoms. The second kappa shape index (κ2) is 7.87. The minimum Gasteiger partial charge on any atom is -0.354 e. The van der Waals surface area contributed by atoms with Gasteiger partial charge in [0.25, 0.3) is 0 Å². The number of nitrogens with one attached hydrogen (secondary N) is 1. The summed E-state index contributed by atoms with van der Waals surface area (Å²) in [6.07, 6.45) is 1.67. The Morgan fingerprint density at radius 1 is 0.926 bits per heavy atom. The first-order valence-electron chi connectivity index (χ1n) is 8.08. The molecule has 0 radical (unpaired) electrons. The van der Waals surface area contributed by atoms with Crippen molar-refractivity contribution in [3.05, 3.63) is 53.5 Å². The van der Waals surface area contributed by atoms with Crippen molar-refractivity contribution in [1.29, 1.82) is 0 Å². The van der Waals surface area contributed by atoms with E-state index in [1.54, 1.807) is 22.5 Å². The Morgan fingerprint density at radius 3 is 2.07 bits per heavy atom. The van der Waals surface area contributed by atoms with Crippen LogP contribution in [-0.4, -0.2) is 48.5 Å². The van der Waals surface area contributed by atoms with Crippen LogP contribution in [0.1, 0.15) is 0 Å². The molecule has 1 saturated heterocycles. The third-order valence-corrected chi connectivity index (χ3v) is 4.19. The lowest BCUT2D eigenvalue weighted by molar-refractivity contribution is -0.117. The number of hydrogen-bond donors (Lipinski definition) is 1. The maximum absolute atomic E-state index is 13.6. The summed E-state index contributed by atoms with van der Waals surface area (Å²) in [6.45, 7) is 1.86. The third kappa shape index (κ3) is 4.00. The molecule has 3 rings (SSSR count). The molecule has 1 aliphatic rings. The van der Waals surface area contributed by atoms with Gasteiger partial charge in [0.2, 0.25) is 11.7 Å². The first-order chi connectivity index (χ1) is 12.9. The second-order valence-electron chi connectivity index (χ2n) is 5.94. The molecule has 1 N–H and O–H groups in total. The molecule has 0 aliphatic carbocycles. The highest BCUT2D eigenvalue weighted by Crippen LogP contribution is 2.27. The number of carbonyl (C=O) groups excluding carboxylic acids is 1. The molecule has 0 unspecified atom stereocenters. The summed E-state index contributed by atoms with van der Waals surface area (Å²) in [5, 5.41) is 1.77. The molecule has 27 heavy (non-hydrogen) atoms. The summed E-state index contributed by atoms with van der Waals surface area (Å²) in [7, 11) is 0. The highest BCUT2D eigenvalue weighted by Gasteiger charge is 2.27. The summed E-state index contributed by atoms with van der Waals surface area (Å²) in [4.78, 5) is 19.9. The number of piperazine rings is 1. The summed E-state index contributed by atoms with van der Waals surface area (Å²) < 4.78 is 66.6. The minimum atomic E-state index is -2.27. The van der Waals surface area contributed by atoms with Crippen molar-refractivity contribution in [1.82, 2.24) is 9.88 Å². The SMILES string of the molecule is O=C(CN1CCN(c2ccccn2)CC1)Nc1c(F)c(F)c(F)c(F)c1F. The van der Waals surface area contributed by atoms with E-state index in [0.29, 0.717) is 26.2 Å². The summed E-state index contributed by atoms with van der Waals surface area (Å²) in [6, 6.07) is 5.50. The number of halogens is 5. The van der Waals surface area contributed by atoms with E-state index in [1.807, 2.05) is 17.0 Å².